The van der Waals surface area contributed by atoms with E-state index in [1.807, 2.05) is 35.2 Å². The summed E-state index contributed by atoms with van der Waals surface area (Å²) in [7, 11) is 0. The fraction of sp³-hybridized carbons (Fsp3) is 0.333. The fourth-order valence-corrected chi connectivity index (χ4v) is 3.71. The summed E-state index contributed by atoms with van der Waals surface area (Å²) in [6, 6.07) is 15.7. The lowest BCUT2D eigenvalue weighted by Crippen LogP contribution is -2.45. The zero-order valence-corrected chi connectivity index (χ0v) is 19.8. The molecule has 2 aromatic carbocycles. The molecule has 1 saturated heterocycles. The van der Waals surface area contributed by atoms with Crippen LogP contribution in [0, 0.1) is 0 Å². The first-order chi connectivity index (χ1) is 17.0. The normalized spacial score (nSPS) is 14.8. The molecule has 1 unspecified atom stereocenters. The second kappa shape index (κ2) is 12.3. The van der Waals surface area contributed by atoms with Crippen LogP contribution in [0.4, 0.5) is 16.4 Å². The molecule has 3 aromatic rings. The lowest BCUT2D eigenvalue weighted by atomic mass is 10.1. The molecule has 0 aliphatic carbocycles. The van der Waals surface area contributed by atoms with E-state index in [1.165, 1.54) is 0 Å². The van der Waals surface area contributed by atoms with Crippen LogP contribution < -0.4 is 15.3 Å². The molecular weight excluding hydrogens is 474 g/mol. The van der Waals surface area contributed by atoms with E-state index in [0.29, 0.717) is 43.4 Å². The van der Waals surface area contributed by atoms with Crippen molar-refractivity contribution in [2.45, 2.75) is 12.5 Å². The number of carbonyl (C=O) groups is 2. The van der Waals surface area contributed by atoms with Gasteiger partial charge in [0, 0.05) is 30.2 Å². The minimum Gasteiger partial charge on any atom is -0.458 e. The SMILES string of the molecule is O=C(Nc1ccc(Cl)cc1)Nc1c[n+](C(COC(=O)CN2CCOCC2)Cc2ccccc2)no1. The molecule has 10 nitrogen and oxygen atoms in total. The Balaban J connectivity index is 1.37. The Morgan fingerprint density at radius 3 is 2.57 bits per heavy atom. The molecule has 1 aliphatic heterocycles. The number of amides is 2. The first-order valence-electron chi connectivity index (χ1n) is 11.3. The number of benzene rings is 2. The highest BCUT2D eigenvalue weighted by Crippen LogP contribution is 2.15. The van der Waals surface area contributed by atoms with Gasteiger partial charge in [-0.25, -0.2) is 4.79 Å². The van der Waals surface area contributed by atoms with Crippen LogP contribution in [0.5, 0.6) is 0 Å². The highest BCUT2D eigenvalue weighted by atomic mass is 35.5. The molecular formula is C24H27ClN5O5+. The van der Waals surface area contributed by atoms with Crippen LogP contribution in [0.25, 0.3) is 0 Å². The van der Waals surface area contributed by atoms with Gasteiger partial charge in [0.05, 0.1) is 19.8 Å². The van der Waals surface area contributed by atoms with Crippen molar-refractivity contribution < 1.29 is 28.3 Å². The summed E-state index contributed by atoms with van der Waals surface area (Å²) in [6.45, 7) is 2.94. The summed E-state index contributed by atoms with van der Waals surface area (Å²) < 4.78 is 17.7. The van der Waals surface area contributed by atoms with Gasteiger partial charge < -0.3 is 14.8 Å². The third-order valence-corrected chi connectivity index (χ3v) is 5.66. The van der Waals surface area contributed by atoms with Gasteiger partial charge >= 0.3 is 17.9 Å². The van der Waals surface area contributed by atoms with Crippen molar-refractivity contribution in [1.82, 2.24) is 10.2 Å². The fourth-order valence-electron chi connectivity index (χ4n) is 3.58. The number of hydrogen-bond donors (Lipinski definition) is 2. The molecule has 35 heavy (non-hydrogen) atoms. The summed E-state index contributed by atoms with van der Waals surface area (Å²) in [6.07, 6.45) is 2.12. The molecule has 1 aromatic heterocycles. The van der Waals surface area contributed by atoms with Crippen LogP contribution in [0.2, 0.25) is 5.02 Å². The number of esters is 1. The van der Waals surface area contributed by atoms with E-state index in [2.05, 4.69) is 15.9 Å². The van der Waals surface area contributed by atoms with Gasteiger partial charge in [0.25, 0.3) is 6.20 Å². The number of carbonyl (C=O) groups excluding carboxylic acids is 2. The van der Waals surface area contributed by atoms with Gasteiger partial charge in [-0.3, -0.25) is 19.5 Å². The highest BCUT2D eigenvalue weighted by molar-refractivity contribution is 6.30. The maximum absolute atomic E-state index is 12.4. The maximum atomic E-state index is 12.4. The molecule has 0 spiro atoms. The predicted octanol–water partition coefficient (Wildman–Crippen LogP) is 2.92. The first-order valence-corrected chi connectivity index (χ1v) is 11.6. The summed E-state index contributed by atoms with van der Waals surface area (Å²) >= 11 is 5.87. The van der Waals surface area contributed by atoms with Crippen LogP contribution >= 0.6 is 11.6 Å². The molecule has 2 N–H and O–H groups in total. The zero-order valence-electron chi connectivity index (χ0n) is 19.1. The molecule has 1 fully saturated rings. The number of nitrogens with one attached hydrogen (secondary N) is 2. The van der Waals surface area contributed by atoms with Crippen molar-refractivity contribution in [1.29, 1.82) is 0 Å². The monoisotopic (exact) mass is 500 g/mol. The van der Waals surface area contributed by atoms with Gasteiger partial charge in [-0.1, -0.05) is 41.9 Å². The average molecular weight is 501 g/mol. The van der Waals surface area contributed by atoms with Gasteiger partial charge in [0.15, 0.2) is 6.61 Å². The van der Waals surface area contributed by atoms with E-state index in [0.717, 1.165) is 5.56 Å². The van der Waals surface area contributed by atoms with Crippen molar-refractivity contribution in [2.24, 2.45) is 0 Å². The molecule has 0 bridgehead atoms. The van der Waals surface area contributed by atoms with Crippen LogP contribution in [0.3, 0.4) is 0 Å². The van der Waals surface area contributed by atoms with Crippen LogP contribution in [0.15, 0.2) is 65.3 Å². The number of urea groups is 1. The Morgan fingerprint density at radius 1 is 1.09 bits per heavy atom. The lowest BCUT2D eigenvalue weighted by molar-refractivity contribution is -0.785. The third kappa shape index (κ3) is 7.78. The Bertz CT molecular complexity index is 1100. The van der Waals surface area contributed by atoms with Gasteiger partial charge in [-0.2, -0.15) is 0 Å². The van der Waals surface area contributed by atoms with Crippen LogP contribution in [0.1, 0.15) is 11.6 Å². The number of aromatic nitrogens is 2. The molecule has 1 atom stereocenters. The highest BCUT2D eigenvalue weighted by Gasteiger charge is 2.28. The smallest absolute Gasteiger partial charge is 0.326 e. The Morgan fingerprint density at radius 2 is 1.83 bits per heavy atom. The lowest BCUT2D eigenvalue weighted by Gasteiger charge is -2.25. The number of nitrogens with zero attached hydrogens (tertiary/aromatic N) is 3. The maximum Gasteiger partial charge on any atom is 0.326 e. The topological polar surface area (TPSA) is 110 Å². The molecule has 4 rings (SSSR count). The quantitative estimate of drug-likeness (QED) is 0.343. The van der Waals surface area contributed by atoms with Crippen molar-refractivity contribution >= 4 is 35.2 Å². The number of halogens is 1. The molecule has 0 radical (unpaired) electrons. The zero-order chi connectivity index (χ0) is 24.5. The van der Waals surface area contributed by atoms with E-state index >= 15 is 0 Å². The molecule has 0 saturated carbocycles. The van der Waals surface area contributed by atoms with Crippen molar-refractivity contribution in [2.75, 3.05) is 50.1 Å². The van der Waals surface area contributed by atoms with E-state index in [9.17, 15) is 9.59 Å². The number of anilines is 2. The minimum atomic E-state index is -0.493. The number of ether oxygens (including phenoxy) is 2. The summed E-state index contributed by atoms with van der Waals surface area (Å²) in [5.41, 5.74) is 1.63. The summed E-state index contributed by atoms with van der Waals surface area (Å²) in [5, 5.41) is 9.90. The molecule has 11 heteroatoms. The minimum absolute atomic E-state index is 0.103. The van der Waals surface area contributed by atoms with Gasteiger partial charge in [0.2, 0.25) is 11.3 Å². The average Bonchev–Trinajstić information content (AvgIpc) is 3.32. The Kier molecular flexibility index (Phi) is 8.66. The van der Waals surface area contributed by atoms with E-state index < -0.39 is 6.03 Å². The molecule has 2 amide bonds. The third-order valence-electron chi connectivity index (χ3n) is 5.40. The van der Waals surface area contributed by atoms with Crippen molar-refractivity contribution in [3.05, 3.63) is 71.4 Å². The van der Waals surface area contributed by atoms with Gasteiger partial charge in [-0.15, -0.1) is 0 Å². The van der Waals surface area contributed by atoms with Crippen LogP contribution in [-0.4, -0.2) is 61.6 Å². The van der Waals surface area contributed by atoms with Crippen LogP contribution in [-0.2, 0) is 20.7 Å². The first kappa shape index (κ1) is 24.6. The number of rotatable bonds is 9. The predicted molar refractivity (Wildman–Crippen MR) is 128 cm³/mol. The molecule has 184 valence electrons. The van der Waals surface area contributed by atoms with Gasteiger partial charge in [0.1, 0.15) is 0 Å². The molecule has 2 heterocycles. The standard InChI is InChI=1S/C24H26ClN5O5/c25-19-6-8-20(9-7-19)26-24(32)27-22-15-30(28-35-22)21(14-18-4-2-1-3-5-18)17-34-23(31)16-29-10-12-33-13-11-29/h1-9,15,21H,10-14,16-17H2,(H-,26,27,28,32)/p+1. The Hall–Kier alpha value is -3.47. The number of hydrogen-bond acceptors (Lipinski definition) is 7. The van der Waals surface area contributed by atoms with Crippen molar-refractivity contribution in [3.63, 3.8) is 0 Å². The van der Waals surface area contributed by atoms with E-state index in [4.69, 9.17) is 25.6 Å². The molecule has 1 aliphatic rings. The second-order valence-corrected chi connectivity index (χ2v) is 8.48. The largest absolute Gasteiger partial charge is 0.458 e. The Labute approximate surface area is 207 Å². The van der Waals surface area contributed by atoms with E-state index in [1.54, 1.807) is 35.1 Å². The summed E-state index contributed by atoms with van der Waals surface area (Å²) in [5.74, 6) is -0.163. The van der Waals surface area contributed by atoms with Gasteiger partial charge in [-0.05, 0) is 34.5 Å². The van der Waals surface area contributed by atoms with E-state index in [-0.39, 0.29) is 31.0 Å². The van der Waals surface area contributed by atoms with Crippen molar-refractivity contribution in [3.8, 4) is 0 Å². The number of morpholine rings is 1. The second-order valence-electron chi connectivity index (χ2n) is 8.05. The summed E-state index contributed by atoms with van der Waals surface area (Å²) in [4.78, 5) is 26.7.